The minimum atomic E-state index is 0.369. The van der Waals surface area contributed by atoms with E-state index in [1.54, 1.807) is 12.1 Å². The fraction of sp³-hybridized carbons (Fsp3) is 0.111. The zero-order chi connectivity index (χ0) is 8.97. The lowest BCUT2D eigenvalue weighted by Gasteiger charge is -1.99. The van der Waals surface area contributed by atoms with Gasteiger partial charge in [0.15, 0.2) is 0 Å². The number of nitrogens with zero attached hydrogens (tertiary/aromatic N) is 2. The van der Waals surface area contributed by atoms with Crippen LogP contribution in [-0.4, -0.2) is 0 Å². The van der Waals surface area contributed by atoms with E-state index in [-0.39, 0.29) is 0 Å². The molecule has 0 saturated heterocycles. The van der Waals surface area contributed by atoms with Crippen LogP contribution in [0.25, 0.3) is 0 Å². The molecule has 0 atom stereocenters. The predicted molar refractivity (Wildman–Crippen MR) is 53.2 cm³/mol. The second-order valence-corrected chi connectivity index (χ2v) is 3.30. The molecule has 0 aliphatic carbocycles. The molecule has 0 bridgehead atoms. The Bertz CT molecular complexity index is 371. The molecule has 12 heavy (non-hydrogen) atoms. The van der Waals surface area contributed by atoms with Gasteiger partial charge in [0.2, 0.25) is 0 Å². The summed E-state index contributed by atoms with van der Waals surface area (Å²) in [4.78, 5) is 0. The number of hydrogen-bond acceptors (Lipinski definition) is 2. The first-order valence-corrected chi connectivity index (χ1v) is 4.42. The summed E-state index contributed by atoms with van der Waals surface area (Å²) in [6, 6.07) is 9.56. The van der Waals surface area contributed by atoms with Crippen LogP contribution in [0.3, 0.4) is 0 Å². The lowest BCUT2D eigenvalue weighted by atomic mass is 10.1. The Morgan fingerprint density at radius 3 is 2.67 bits per heavy atom. The Morgan fingerprint density at radius 1 is 1.33 bits per heavy atom. The van der Waals surface area contributed by atoms with Crippen molar-refractivity contribution in [3.05, 3.63) is 32.9 Å². The van der Waals surface area contributed by atoms with Crippen LogP contribution >= 0.6 is 22.6 Å². The quantitative estimate of drug-likeness (QED) is 0.733. The molecular weight excluding hydrogens is 263 g/mol. The van der Waals surface area contributed by atoms with Gasteiger partial charge in [-0.05, 0) is 34.2 Å². The summed E-state index contributed by atoms with van der Waals surface area (Å²) in [5.41, 5.74) is 1.57. The lowest BCUT2D eigenvalue weighted by Crippen LogP contribution is -1.90. The topological polar surface area (TPSA) is 47.6 Å². The molecule has 0 fully saturated rings. The molecular formula is C9H5IN2. The Hall–Kier alpha value is -1.07. The van der Waals surface area contributed by atoms with Crippen molar-refractivity contribution in [3.8, 4) is 12.1 Å². The molecule has 0 unspecified atom stereocenters. The molecule has 2 nitrogen and oxygen atoms in total. The highest BCUT2D eigenvalue weighted by Crippen LogP contribution is 2.16. The summed E-state index contributed by atoms with van der Waals surface area (Å²) in [7, 11) is 0. The van der Waals surface area contributed by atoms with Crippen LogP contribution in [0.15, 0.2) is 18.2 Å². The maximum atomic E-state index is 8.67. The maximum Gasteiger partial charge on any atom is 0.100 e. The van der Waals surface area contributed by atoms with E-state index in [4.69, 9.17) is 10.5 Å². The van der Waals surface area contributed by atoms with Gasteiger partial charge in [-0.1, -0.05) is 12.1 Å². The normalized spacial score (nSPS) is 8.58. The average molecular weight is 268 g/mol. The molecule has 0 amide bonds. The van der Waals surface area contributed by atoms with Crippen LogP contribution in [-0.2, 0) is 6.42 Å². The molecule has 0 radical (unpaired) electrons. The Labute approximate surface area is 84.6 Å². The fourth-order valence-corrected chi connectivity index (χ4v) is 1.56. The summed E-state index contributed by atoms with van der Waals surface area (Å²) in [5.74, 6) is 0. The van der Waals surface area contributed by atoms with Crippen LogP contribution < -0.4 is 0 Å². The number of nitriles is 2. The predicted octanol–water partition coefficient (Wildman–Crippen LogP) is 2.23. The summed E-state index contributed by atoms with van der Waals surface area (Å²) >= 11 is 2.09. The van der Waals surface area contributed by atoms with Crippen molar-refractivity contribution in [2.45, 2.75) is 6.42 Å². The maximum absolute atomic E-state index is 8.67. The zero-order valence-corrected chi connectivity index (χ0v) is 8.37. The molecule has 0 aliphatic rings. The lowest BCUT2D eigenvalue weighted by molar-refractivity contribution is 1.23. The van der Waals surface area contributed by atoms with E-state index in [0.717, 1.165) is 9.13 Å². The minimum Gasteiger partial charge on any atom is -0.198 e. The minimum absolute atomic E-state index is 0.369. The van der Waals surface area contributed by atoms with Crippen molar-refractivity contribution >= 4 is 22.6 Å². The average Bonchev–Trinajstić information content (AvgIpc) is 2.09. The van der Waals surface area contributed by atoms with Crippen LogP contribution in [0.1, 0.15) is 11.1 Å². The van der Waals surface area contributed by atoms with Gasteiger partial charge in [0, 0.05) is 3.57 Å². The van der Waals surface area contributed by atoms with Crippen molar-refractivity contribution in [1.82, 2.24) is 0 Å². The highest BCUT2D eigenvalue weighted by atomic mass is 127. The van der Waals surface area contributed by atoms with Crippen molar-refractivity contribution in [2.75, 3.05) is 0 Å². The third-order valence-electron chi connectivity index (χ3n) is 1.47. The van der Waals surface area contributed by atoms with E-state index in [2.05, 4.69) is 34.7 Å². The van der Waals surface area contributed by atoms with E-state index < -0.39 is 0 Å². The second-order valence-electron chi connectivity index (χ2n) is 2.23. The first-order valence-electron chi connectivity index (χ1n) is 3.34. The molecule has 0 N–H and O–H groups in total. The number of rotatable bonds is 1. The third-order valence-corrected chi connectivity index (χ3v) is 2.74. The molecule has 3 heteroatoms. The van der Waals surface area contributed by atoms with Crippen molar-refractivity contribution in [3.63, 3.8) is 0 Å². The van der Waals surface area contributed by atoms with Crippen LogP contribution in [0.2, 0.25) is 0 Å². The molecule has 0 spiro atoms. The molecule has 0 heterocycles. The highest BCUT2D eigenvalue weighted by molar-refractivity contribution is 14.1. The van der Waals surface area contributed by atoms with Gasteiger partial charge >= 0.3 is 0 Å². The zero-order valence-electron chi connectivity index (χ0n) is 6.21. The Balaban J connectivity index is 3.18. The van der Waals surface area contributed by atoms with Gasteiger partial charge in [0.05, 0.1) is 18.1 Å². The molecule has 0 aliphatic heterocycles. The first-order chi connectivity index (χ1) is 5.79. The largest absolute Gasteiger partial charge is 0.198 e. The molecule has 0 aromatic heterocycles. The van der Waals surface area contributed by atoms with Crippen LogP contribution in [0, 0.1) is 26.2 Å². The highest BCUT2D eigenvalue weighted by Gasteiger charge is 2.03. The van der Waals surface area contributed by atoms with Gasteiger partial charge in [-0.15, -0.1) is 0 Å². The smallest absolute Gasteiger partial charge is 0.100 e. The van der Waals surface area contributed by atoms with Gasteiger partial charge in [-0.25, -0.2) is 0 Å². The van der Waals surface area contributed by atoms with Crippen molar-refractivity contribution in [1.29, 1.82) is 10.5 Å². The Morgan fingerprint density at radius 2 is 2.08 bits per heavy atom. The fourth-order valence-electron chi connectivity index (χ4n) is 0.888. The summed E-state index contributed by atoms with van der Waals surface area (Å²) in [6.07, 6.45) is 0.369. The first kappa shape index (κ1) is 9.02. The Kier molecular flexibility index (Phi) is 3.07. The van der Waals surface area contributed by atoms with E-state index in [0.29, 0.717) is 12.0 Å². The molecule has 1 aromatic carbocycles. The van der Waals surface area contributed by atoms with Crippen LogP contribution in [0.4, 0.5) is 0 Å². The van der Waals surface area contributed by atoms with Crippen molar-refractivity contribution < 1.29 is 0 Å². The van der Waals surface area contributed by atoms with E-state index in [9.17, 15) is 0 Å². The number of halogens is 1. The van der Waals surface area contributed by atoms with Gasteiger partial charge in [-0.3, -0.25) is 0 Å². The molecule has 58 valence electrons. The molecule has 1 rings (SSSR count). The van der Waals surface area contributed by atoms with Crippen molar-refractivity contribution in [2.24, 2.45) is 0 Å². The summed E-state index contributed by atoms with van der Waals surface area (Å²) in [6.45, 7) is 0. The van der Waals surface area contributed by atoms with Gasteiger partial charge < -0.3 is 0 Å². The summed E-state index contributed by atoms with van der Waals surface area (Å²) < 4.78 is 0.888. The van der Waals surface area contributed by atoms with Gasteiger partial charge in [-0.2, -0.15) is 10.5 Å². The van der Waals surface area contributed by atoms with E-state index in [1.807, 2.05) is 6.07 Å². The number of benzene rings is 1. The molecule has 1 aromatic rings. The monoisotopic (exact) mass is 268 g/mol. The van der Waals surface area contributed by atoms with E-state index >= 15 is 0 Å². The molecule has 0 saturated carbocycles. The van der Waals surface area contributed by atoms with Crippen LogP contribution in [0.5, 0.6) is 0 Å². The SMILES string of the molecule is N#CCc1cccc(C#N)c1I. The second kappa shape index (κ2) is 4.08. The van der Waals surface area contributed by atoms with Gasteiger partial charge in [0.1, 0.15) is 6.07 Å². The number of hydrogen-bond donors (Lipinski definition) is 0. The third kappa shape index (κ3) is 1.75. The van der Waals surface area contributed by atoms with Gasteiger partial charge in [0.25, 0.3) is 0 Å². The summed E-state index contributed by atoms with van der Waals surface area (Å²) in [5, 5.41) is 17.1. The van der Waals surface area contributed by atoms with E-state index in [1.165, 1.54) is 0 Å². The standard InChI is InChI=1S/C9H5IN2/c10-9-7(4-5-11)2-1-3-8(9)6-12/h1-3H,4H2.